The Morgan fingerprint density at radius 3 is 2.85 bits per heavy atom. The van der Waals surface area contributed by atoms with Gasteiger partial charge in [0.1, 0.15) is 0 Å². The summed E-state index contributed by atoms with van der Waals surface area (Å²) >= 11 is 0. The predicted molar refractivity (Wildman–Crippen MR) is 51.8 cm³/mol. The Balaban J connectivity index is 2.46. The van der Waals surface area contributed by atoms with Crippen molar-refractivity contribution in [1.82, 2.24) is 9.97 Å². The number of hydrogen-bond donors (Lipinski definition) is 0. The Morgan fingerprint density at radius 2 is 2.15 bits per heavy atom. The highest BCUT2D eigenvalue weighted by Gasteiger charge is 1.97. The number of hydrogen-bond acceptors (Lipinski definition) is 3. The normalized spacial score (nSPS) is 10.0. The van der Waals surface area contributed by atoms with Crippen molar-refractivity contribution in [2.75, 3.05) is 7.11 Å². The van der Waals surface area contributed by atoms with Gasteiger partial charge in [-0.2, -0.15) is 0 Å². The fourth-order valence-corrected chi connectivity index (χ4v) is 1.16. The van der Waals surface area contributed by atoms with E-state index in [1.165, 1.54) is 19.3 Å². The number of aryl methyl sites for hydroxylation is 1. The summed E-state index contributed by atoms with van der Waals surface area (Å²) in [4.78, 5) is 8.33. The molecule has 0 aromatic carbocycles. The maximum atomic E-state index is 4.99. The Bertz CT molecular complexity index is 250. The summed E-state index contributed by atoms with van der Waals surface area (Å²) in [6.45, 7) is 2.19. The van der Waals surface area contributed by atoms with Crippen LogP contribution in [0.2, 0.25) is 0 Å². The minimum Gasteiger partial charge on any atom is -0.480 e. The summed E-state index contributed by atoms with van der Waals surface area (Å²) in [7, 11) is 1.61. The number of methoxy groups -OCH3 is 1. The minimum atomic E-state index is 0.606. The first kappa shape index (κ1) is 9.96. The zero-order chi connectivity index (χ0) is 9.52. The molecule has 13 heavy (non-hydrogen) atoms. The van der Waals surface area contributed by atoms with Crippen LogP contribution in [0.3, 0.4) is 0 Å². The van der Waals surface area contributed by atoms with Crippen molar-refractivity contribution < 1.29 is 4.74 Å². The van der Waals surface area contributed by atoms with E-state index in [-0.39, 0.29) is 0 Å². The summed E-state index contributed by atoms with van der Waals surface area (Å²) in [5, 5.41) is 0. The lowest BCUT2D eigenvalue weighted by Crippen LogP contribution is -1.95. The van der Waals surface area contributed by atoms with Gasteiger partial charge in [0.2, 0.25) is 5.88 Å². The highest BCUT2D eigenvalue weighted by molar-refractivity contribution is 5.07. The quantitative estimate of drug-likeness (QED) is 0.652. The van der Waals surface area contributed by atoms with Crippen LogP contribution in [0.4, 0.5) is 0 Å². The molecule has 0 saturated carbocycles. The van der Waals surface area contributed by atoms with Crippen molar-refractivity contribution in [1.29, 1.82) is 0 Å². The van der Waals surface area contributed by atoms with E-state index in [0.29, 0.717) is 5.88 Å². The van der Waals surface area contributed by atoms with Crippen molar-refractivity contribution in [2.24, 2.45) is 0 Å². The van der Waals surface area contributed by atoms with Crippen LogP contribution in [0.5, 0.6) is 5.88 Å². The molecule has 1 aromatic rings. The molecule has 0 bridgehead atoms. The van der Waals surface area contributed by atoms with E-state index >= 15 is 0 Å². The molecule has 0 spiro atoms. The average Bonchev–Trinajstić information content (AvgIpc) is 2.19. The third kappa shape index (κ3) is 3.40. The van der Waals surface area contributed by atoms with E-state index in [2.05, 4.69) is 16.9 Å². The van der Waals surface area contributed by atoms with Gasteiger partial charge in [-0.3, -0.25) is 4.98 Å². The first-order valence-corrected chi connectivity index (χ1v) is 4.71. The molecule has 72 valence electrons. The molecule has 0 N–H and O–H groups in total. The van der Waals surface area contributed by atoms with Crippen molar-refractivity contribution in [2.45, 2.75) is 32.6 Å². The first-order chi connectivity index (χ1) is 6.36. The molecule has 0 aliphatic heterocycles. The largest absolute Gasteiger partial charge is 0.480 e. The molecule has 1 heterocycles. The lowest BCUT2D eigenvalue weighted by molar-refractivity contribution is 0.393. The topological polar surface area (TPSA) is 35.0 Å². The Hall–Kier alpha value is -1.12. The van der Waals surface area contributed by atoms with Gasteiger partial charge in [-0.25, -0.2) is 4.98 Å². The zero-order valence-corrected chi connectivity index (χ0v) is 8.29. The molecular formula is C10H16N2O. The Morgan fingerprint density at radius 1 is 1.31 bits per heavy atom. The maximum absolute atomic E-state index is 4.99. The SMILES string of the molecule is CCCCCc1cncc(OC)n1. The second-order valence-electron chi connectivity index (χ2n) is 3.01. The number of rotatable bonds is 5. The second-order valence-corrected chi connectivity index (χ2v) is 3.01. The van der Waals surface area contributed by atoms with Gasteiger partial charge in [0, 0.05) is 6.20 Å². The van der Waals surface area contributed by atoms with E-state index in [9.17, 15) is 0 Å². The Kier molecular flexibility index (Phi) is 4.23. The number of nitrogens with zero attached hydrogens (tertiary/aromatic N) is 2. The molecule has 0 atom stereocenters. The summed E-state index contributed by atoms with van der Waals surface area (Å²) < 4.78 is 4.99. The van der Waals surface area contributed by atoms with Gasteiger partial charge < -0.3 is 4.74 Å². The van der Waals surface area contributed by atoms with Crippen molar-refractivity contribution in [3.63, 3.8) is 0 Å². The molecule has 0 amide bonds. The van der Waals surface area contributed by atoms with Crippen LogP contribution >= 0.6 is 0 Å². The lowest BCUT2D eigenvalue weighted by Gasteiger charge is -2.01. The molecule has 3 nitrogen and oxygen atoms in total. The predicted octanol–water partition coefficient (Wildman–Crippen LogP) is 2.22. The summed E-state index contributed by atoms with van der Waals surface area (Å²) in [5.41, 5.74) is 1.02. The van der Waals surface area contributed by atoms with Gasteiger partial charge in [-0.15, -0.1) is 0 Å². The third-order valence-corrected chi connectivity index (χ3v) is 1.91. The smallest absolute Gasteiger partial charge is 0.232 e. The van der Waals surface area contributed by atoms with E-state index in [1.54, 1.807) is 19.5 Å². The van der Waals surface area contributed by atoms with E-state index in [4.69, 9.17) is 4.74 Å². The zero-order valence-electron chi connectivity index (χ0n) is 8.29. The number of unbranched alkanes of at least 4 members (excludes halogenated alkanes) is 2. The highest BCUT2D eigenvalue weighted by Crippen LogP contribution is 2.07. The van der Waals surface area contributed by atoms with Gasteiger partial charge in [0.25, 0.3) is 0 Å². The monoisotopic (exact) mass is 180 g/mol. The van der Waals surface area contributed by atoms with Gasteiger partial charge in [0.15, 0.2) is 0 Å². The molecule has 0 saturated heterocycles. The van der Waals surface area contributed by atoms with Crippen molar-refractivity contribution >= 4 is 0 Å². The van der Waals surface area contributed by atoms with Crippen LogP contribution in [-0.2, 0) is 6.42 Å². The molecule has 0 radical (unpaired) electrons. The fourth-order valence-electron chi connectivity index (χ4n) is 1.16. The lowest BCUT2D eigenvalue weighted by atomic mass is 10.2. The second kappa shape index (κ2) is 5.51. The molecule has 0 aliphatic rings. The molecule has 0 aliphatic carbocycles. The van der Waals surface area contributed by atoms with Crippen molar-refractivity contribution in [3.05, 3.63) is 18.1 Å². The molecule has 0 unspecified atom stereocenters. The van der Waals surface area contributed by atoms with Gasteiger partial charge >= 0.3 is 0 Å². The number of ether oxygens (including phenoxy) is 1. The fraction of sp³-hybridized carbons (Fsp3) is 0.600. The number of aromatic nitrogens is 2. The standard InChI is InChI=1S/C10H16N2O/c1-3-4-5-6-9-7-11-8-10(12-9)13-2/h7-8H,3-6H2,1-2H3. The summed E-state index contributed by atoms with van der Waals surface area (Å²) in [5.74, 6) is 0.606. The first-order valence-electron chi connectivity index (χ1n) is 4.71. The molecular weight excluding hydrogens is 164 g/mol. The van der Waals surface area contributed by atoms with Gasteiger partial charge in [-0.1, -0.05) is 19.8 Å². The van der Waals surface area contributed by atoms with Crippen LogP contribution in [-0.4, -0.2) is 17.1 Å². The molecule has 1 rings (SSSR count). The van der Waals surface area contributed by atoms with Crippen LogP contribution in [0.1, 0.15) is 31.9 Å². The van der Waals surface area contributed by atoms with Crippen LogP contribution < -0.4 is 4.74 Å². The minimum absolute atomic E-state index is 0.606. The average molecular weight is 180 g/mol. The van der Waals surface area contributed by atoms with Gasteiger partial charge in [0.05, 0.1) is 19.0 Å². The van der Waals surface area contributed by atoms with Crippen molar-refractivity contribution in [3.8, 4) is 5.88 Å². The maximum Gasteiger partial charge on any atom is 0.232 e. The summed E-state index contributed by atoms with van der Waals surface area (Å²) in [6.07, 6.45) is 8.09. The molecule has 1 aromatic heterocycles. The van der Waals surface area contributed by atoms with Gasteiger partial charge in [-0.05, 0) is 12.8 Å². The van der Waals surface area contributed by atoms with Crippen LogP contribution in [0, 0.1) is 0 Å². The van der Waals surface area contributed by atoms with Crippen LogP contribution in [0.25, 0.3) is 0 Å². The molecule has 3 heteroatoms. The van der Waals surface area contributed by atoms with Crippen LogP contribution in [0.15, 0.2) is 12.4 Å². The Labute approximate surface area is 79.2 Å². The van der Waals surface area contributed by atoms with E-state index in [1.807, 2.05) is 0 Å². The van der Waals surface area contributed by atoms with E-state index in [0.717, 1.165) is 12.1 Å². The summed E-state index contributed by atoms with van der Waals surface area (Å²) in [6, 6.07) is 0. The molecule has 0 fully saturated rings. The highest BCUT2D eigenvalue weighted by atomic mass is 16.5. The van der Waals surface area contributed by atoms with E-state index < -0.39 is 0 Å². The third-order valence-electron chi connectivity index (χ3n) is 1.91.